The maximum Gasteiger partial charge on any atom is 0.334 e. The van der Waals surface area contributed by atoms with E-state index in [1.54, 1.807) is 6.08 Å². The molecule has 5 nitrogen and oxygen atoms in total. The van der Waals surface area contributed by atoms with E-state index in [0.29, 0.717) is 30.3 Å². The Kier molecular flexibility index (Phi) is 5.90. The first-order valence-corrected chi connectivity index (χ1v) is 8.08. The van der Waals surface area contributed by atoms with Gasteiger partial charge < -0.3 is 9.47 Å². The zero-order chi connectivity index (χ0) is 17.7. The Morgan fingerprint density at radius 3 is 2.92 bits per heavy atom. The number of carbonyl (C=O) groups is 3. The summed E-state index contributed by atoms with van der Waals surface area (Å²) in [5.74, 6) is -0.926. The number of hydrogen-bond donors (Lipinski definition) is 0. The molecule has 0 saturated carbocycles. The summed E-state index contributed by atoms with van der Waals surface area (Å²) in [6.45, 7) is 7.61. The summed E-state index contributed by atoms with van der Waals surface area (Å²) in [6.07, 6.45) is 7.33. The van der Waals surface area contributed by atoms with Gasteiger partial charge in [0.25, 0.3) is 0 Å². The zero-order valence-corrected chi connectivity index (χ0v) is 14.0. The lowest BCUT2D eigenvalue weighted by molar-refractivity contribution is -0.140. The van der Waals surface area contributed by atoms with Crippen LogP contribution in [0.15, 0.2) is 47.3 Å². The minimum atomic E-state index is -0.454. The zero-order valence-electron chi connectivity index (χ0n) is 14.0. The van der Waals surface area contributed by atoms with Gasteiger partial charge in [0.1, 0.15) is 11.9 Å². The van der Waals surface area contributed by atoms with Crippen LogP contribution in [0.5, 0.6) is 0 Å². The SMILES string of the molecule is C=C1C(=O)OC2C=C(C)CC=CC(C=O)=C(OC(=O)CCC)CC12. The van der Waals surface area contributed by atoms with Gasteiger partial charge in [0.05, 0.1) is 5.57 Å². The summed E-state index contributed by atoms with van der Waals surface area (Å²) < 4.78 is 10.8. The lowest BCUT2D eigenvalue weighted by Crippen LogP contribution is -2.18. The van der Waals surface area contributed by atoms with Crippen LogP contribution in [0.25, 0.3) is 0 Å². The lowest BCUT2D eigenvalue weighted by atomic mass is 9.89. The average Bonchev–Trinajstić information content (AvgIpc) is 2.78. The molecule has 1 aliphatic carbocycles. The van der Waals surface area contributed by atoms with Crippen LogP contribution < -0.4 is 0 Å². The van der Waals surface area contributed by atoms with Crippen LogP contribution in [-0.4, -0.2) is 24.3 Å². The number of esters is 2. The number of allylic oxidation sites excluding steroid dienone is 5. The summed E-state index contributed by atoms with van der Waals surface area (Å²) in [5.41, 5.74) is 1.67. The Balaban J connectivity index is 2.41. The Morgan fingerprint density at radius 2 is 2.25 bits per heavy atom. The third kappa shape index (κ3) is 4.10. The largest absolute Gasteiger partial charge is 0.454 e. The molecule has 1 heterocycles. The van der Waals surface area contributed by atoms with Crippen LogP contribution >= 0.6 is 0 Å². The Morgan fingerprint density at radius 1 is 1.50 bits per heavy atom. The highest BCUT2D eigenvalue weighted by molar-refractivity contribution is 5.91. The van der Waals surface area contributed by atoms with Crippen LogP contribution in [-0.2, 0) is 23.9 Å². The molecule has 2 rings (SSSR count). The molecule has 0 spiro atoms. The molecule has 0 aromatic carbocycles. The van der Waals surface area contributed by atoms with Gasteiger partial charge in [0, 0.05) is 24.3 Å². The van der Waals surface area contributed by atoms with Crippen LogP contribution in [0, 0.1) is 5.92 Å². The second kappa shape index (κ2) is 7.90. The number of aldehydes is 1. The molecule has 0 amide bonds. The van der Waals surface area contributed by atoms with E-state index in [9.17, 15) is 14.4 Å². The molecule has 2 atom stereocenters. The highest BCUT2D eigenvalue weighted by atomic mass is 16.6. The molecule has 24 heavy (non-hydrogen) atoms. The molecular weight excluding hydrogens is 308 g/mol. The van der Waals surface area contributed by atoms with Gasteiger partial charge in [-0.2, -0.15) is 0 Å². The highest BCUT2D eigenvalue weighted by Gasteiger charge is 2.38. The maximum absolute atomic E-state index is 11.9. The number of ether oxygens (including phenoxy) is 2. The normalized spacial score (nSPS) is 24.2. The van der Waals surface area contributed by atoms with E-state index < -0.39 is 18.0 Å². The monoisotopic (exact) mass is 330 g/mol. The van der Waals surface area contributed by atoms with Crippen molar-refractivity contribution in [1.82, 2.24) is 0 Å². The first-order valence-electron chi connectivity index (χ1n) is 8.08. The summed E-state index contributed by atoms with van der Waals surface area (Å²) in [7, 11) is 0. The second-order valence-corrected chi connectivity index (χ2v) is 6.05. The van der Waals surface area contributed by atoms with E-state index in [1.807, 2.05) is 26.0 Å². The van der Waals surface area contributed by atoms with Crippen molar-refractivity contribution >= 4 is 18.2 Å². The predicted molar refractivity (Wildman–Crippen MR) is 88.7 cm³/mol. The molecule has 2 aliphatic rings. The summed E-state index contributed by atoms with van der Waals surface area (Å²) >= 11 is 0. The molecule has 1 aliphatic heterocycles. The standard InChI is InChI=1S/C19H22O5/c1-4-6-18(21)23-16-10-15-13(3)19(22)24-17(15)9-12(2)7-5-8-14(16)11-20/h5,8-9,11,15,17H,3-4,6-7,10H2,1-2H3. The molecule has 0 N–H and O–H groups in total. The van der Waals surface area contributed by atoms with Crippen molar-refractivity contribution in [2.24, 2.45) is 5.92 Å². The van der Waals surface area contributed by atoms with Gasteiger partial charge in [-0.15, -0.1) is 0 Å². The second-order valence-electron chi connectivity index (χ2n) is 6.05. The van der Waals surface area contributed by atoms with Crippen molar-refractivity contribution < 1.29 is 23.9 Å². The molecule has 128 valence electrons. The van der Waals surface area contributed by atoms with Gasteiger partial charge in [-0.05, 0) is 25.8 Å². The van der Waals surface area contributed by atoms with Crippen molar-refractivity contribution in [3.63, 3.8) is 0 Å². The molecule has 1 fully saturated rings. The van der Waals surface area contributed by atoms with Crippen LogP contribution in [0.3, 0.4) is 0 Å². The van der Waals surface area contributed by atoms with E-state index in [4.69, 9.17) is 9.47 Å². The predicted octanol–water partition coefficient (Wildman–Crippen LogP) is 3.18. The van der Waals surface area contributed by atoms with E-state index >= 15 is 0 Å². The highest BCUT2D eigenvalue weighted by Crippen LogP contribution is 2.35. The fourth-order valence-electron chi connectivity index (χ4n) is 2.75. The fourth-order valence-corrected chi connectivity index (χ4v) is 2.75. The first kappa shape index (κ1) is 17.9. The van der Waals surface area contributed by atoms with E-state index in [1.165, 1.54) is 0 Å². The van der Waals surface area contributed by atoms with Gasteiger partial charge in [0.15, 0.2) is 6.29 Å². The smallest absolute Gasteiger partial charge is 0.334 e. The number of hydrogen-bond acceptors (Lipinski definition) is 5. The lowest BCUT2D eigenvalue weighted by Gasteiger charge is -2.19. The average molecular weight is 330 g/mol. The molecule has 0 aromatic heterocycles. The maximum atomic E-state index is 11.9. The van der Waals surface area contributed by atoms with Gasteiger partial charge in [-0.1, -0.05) is 31.2 Å². The molecular formula is C19H22O5. The quantitative estimate of drug-likeness (QED) is 0.343. The Labute approximate surface area is 141 Å². The van der Waals surface area contributed by atoms with E-state index in [-0.39, 0.29) is 24.5 Å². The van der Waals surface area contributed by atoms with Crippen LogP contribution in [0.1, 0.15) is 39.5 Å². The number of carbonyl (C=O) groups excluding carboxylic acids is 3. The minimum Gasteiger partial charge on any atom is -0.454 e. The molecule has 0 aromatic rings. The van der Waals surface area contributed by atoms with Crippen molar-refractivity contribution in [2.45, 2.75) is 45.6 Å². The van der Waals surface area contributed by atoms with Crippen molar-refractivity contribution in [1.29, 1.82) is 0 Å². The van der Waals surface area contributed by atoms with E-state index in [2.05, 4.69) is 6.58 Å². The fraction of sp³-hybridized carbons (Fsp3) is 0.421. The summed E-state index contributed by atoms with van der Waals surface area (Å²) in [5, 5.41) is 0. The van der Waals surface area contributed by atoms with Crippen LogP contribution in [0.2, 0.25) is 0 Å². The van der Waals surface area contributed by atoms with Crippen LogP contribution in [0.4, 0.5) is 0 Å². The third-order valence-corrected chi connectivity index (χ3v) is 4.08. The van der Waals surface area contributed by atoms with Gasteiger partial charge >= 0.3 is 11.9 Å². The van der Waals surface area contributed by atoms with Crippen molar-refractivity contribution in [3.8, 4) is 0 Å². The van der Waals surface area contributed by atoms with E-state index in [0.717, 1.165) is 5.57 Å². The summed E-state index contributed by atoms with van der Waals surface area (Å²) in [4.78, 5) is 35.2. The number of fused-ring (bicyclic) bond motifs is 1. The third-order valence-electron chi connectivity index (χ3n) is 4.08. The van der Waals surface area contributed by atoms with Gasteiger partial charge in [-0.3, -0.25) is 9.59 Å². The van der Waals surface area contributed by atoms with Crippen molar-refractivity contribution in [2.75, 3.05) is 0 Å². The number of rotatable bonds is 4. The Bertz CT molecular complexity index is 651. The molecule has 0 bridgehead atoms. The minimum absolute atomic E-state index is 0.215. The first-order chi connectivity index (χ1) is 11.5. The molecule has 1 saturated heterocycles. The summed E-state index contributed by atoms with van der Waals surface area (Å²) in [6, 6.07) is 0. The van der Waals surface area contributed by atoms with Gasteiger partial charge in [-0.25, -0.2) is 4.79 Å². The van der Waals surface area contributed by atoms with Gasteiger partial charge in [0.2, 0.25) is 0 Å². The van der Waals surface area contributed by atoms with Crippen molar-refractivity contribution in [3.05, 3.63) is 47.3 Å². The molecule has 0 radical (unpaired) electrons. The Hall–Kier alpha value is -2.43. The molecule has 5 heteroatoms. The molecule has 2 unspecified atom stereocenters. The topological polar surface area (TPSA) is 69.7 Å².